The Morgan fingerprint density at radius 1 is 1.41 bits per heavy atom. The molecular weight excluding hydrogens is 301 g/mol. The van der Waals surface area contributed by atoms with E-state index in [1.807, 2.05) is 0 Å². The highest BCUT2D eigenvalue weighted by Crippen LogP contribution is 2.34. The van der Waals surface area contributed by atoms with Crippen LogP contribution in [-0.2, 0) is 17.5 Å². The minimum Gasteiger partial charge on any atom is -0.467 e. The van der Waals surface area contributed by atoms with E-state index < -0.39 is 23.4 Å². The number of carbonyl (C=O) groups is 1. The minimum atomic E-state index is -4.76. The topological polar surface area (TPSA) is 64.4 Å². The molecule has 5 nitrogen and oxygen atoms in total. The summed E-state index contributed by atoms with van der Waals surface area (Å²) in [5, 5.41) is 2.73. The predicted molar refractivity (Wildman–Crippen MR) is 71.2 cm³/mol. The zero-order valence-corrected chi connectivity index (χ0v) is 11.6. The fourth-order valence-corrected chi connectivity index (χ4v) is 1.83. The lowest BCUT2D eigenvalue weighted by Gasteiger charge is -2.15. The van der Waals surface area contributed by atoms with Gasteiger partial charge in [-0.05, 0) is 25.1 Å². The van der Waals surface area contributed by atoms with Gasteiger partial charge in [-0.15, -0.1) is 0 Å². The number of ether oxygens (including phenoxy) is 1. The normalized spacial score (nSPS) is 11.3. The second kappa shape index (κ2) is 6.50. The molecule has 0 aromatic carbocycles. The predicted octanol–water partition coefficient (Wildman–Crippen LogP) is 3.48. The second-order valence-electron chi connectivity index (χ2n) is 4.23. The second-order valence-corrected chi connectivity index (χ2v) is 4.23. The first-order chi connectivity index (χ1) is 10.4. The minimum absolute atomic E-state index is 0.0165. The van der Waals surface area contributed by atoms with Gasteiger partial charge in [-0.3, -0.25) is 4.98 Å². The molecule has 0 atom stereocenters. The molecule has 0 saturated carbocycles. The highest BCUT2D eigenvalue weighted by molar-refractivity contribution is 5.97. The molecule has 0 aliphatic heterocycles. The summed E-state index contributed by atoms with van der Waals surface area (Å²) in [6, 6.07) is 4.59. The third-order valence-electron chi connectivity index (χ3n) is 2.73. The molecule has 0 bridgehead atoms. The Balaban J connectivity index is 2.37. The number of halogens is 3. The van der Waals surface area contributed by atoms with Crippen LogP contribution in [-0.4, -0.2) is 17.6 Å². The van der Waals surface area contributed by atoms with Gasteiger partial charge in [0.15, 0.2) is 5.69 Å². The molecule has 22 heavy (non-hydrogen) atoms. The van der Waals surface area contributed by atoms with Crippen molar-refractivity contribution < 1.29 is 27.1 Å². The highest BCUT2D eigenvalue weighted by Gasteiger charge is 2.39. The zero-order chi connectivity index (χ0) is 16.2. The van der Waals surface area contributed by atoms with Crippen LogP contribution in [0.4, 0.5) is 18.9 Å². The number of carbonyl (C=O) groups excluding carboxylic acids is 1. The van der Waals surface area contributed by atoms with Gasteiger partial charge >= 0.3 is 12.1 Å². The number of aromatic nitrogens is 1. The molecule has 0 aliphatic rings. The SMILES string of the molecule is CCOC(=O)c1c(NCc2ccco2)ccnc1C(F)(F)F. The maximum absolute atomic E-state index is 13.0. The number of nitrogens with one attached hydrogen (secondary N) is 1. The fourth-order valence-electron chi connectivity index (χ4n) is 1.83. The van der Waals surface area contributed by atoms with Crippen LogP contribution < -0.4 is 5.32 Å². The maximum Gasteiger partial charge on any atom is 0.434 e. The Hall–Kier alpha value is -2.51. The number of furan rings is 1. The molecule has 2 heterocycles. The molecule has 0 amide bonds. The molecule has 8 heteroatoms. The lowest BCUT2D eigenvalue weighted by Crippen LogP contribution is -2.19. The van der Waals surface area contributed by atoms with Crippen LogP contribution in [0.3, 0.4) is 0 Å². The quantitative estimate of drug-likeness (QED) is 0.856. The molecule has 2 aromatic rings. The van der Waals surface area contributed by atoms with E-state index >= 15 is 0 Å². The van der Waals surface area contributed by atoms with Gasteiger partial charge in [-0.25, -0.2) is 4.79 Å². The molecule has 2 aromatic heterocycles. The third kappa shape index (κ3) is 3.57. The van der Waals surface area contributed by atoms with Crippen molar-refractivity contribution in [2.45, 2.75) is 19.6 Å². The zero-order valence-electron chi connectivity index (χ0n) is 11.6. The lowest BCUT2D eigenvalue weighted by molar-refractivity contribution is -0.141. The van der Waals surface area contributed by atoms with Crippen molar-refractivity contribution in [3.8, 4) is 0 Å². The molecule has 0 saturated heterocycles. The number of alkyl halides is 3. The largest absolute Gasteiger partial charge is 0.467 e. The molecule has 0 radical (unpaired) electrons. The van der Waals surface area contributed by atoms with E-state index in [1.165, 1.54) is 19.3 Å². The van der Waals surface area contributed by atoms with Crippen molar-refractivity contribution in [3.05, 3.63) is 47.7 Å². The summed E-state index contributed by atoms with van der Waals surface area (Å²) >= 11 is 0. The summed E-state index contributed by atoms with van der Waals surface area (Å²) in [5.74, 6) is -0.565. The number of pyridine rings is 1. The van der Waals surface area contributed by atoms with Crippen molar-refractivity contribution >= 4 is 11.7 Å². The molecule has 0 fully saturated rings. The average Bonchev–Trinajstić information content (AvgIpc) is 2.97. The number of hydrogen-bond acceptors (Lipinski definition) is 5. The highest BCUT2D eigenvalue weighted by atomic mass is 19.4. The van der Waals surface area contributed by atoms with Crippen LogP contribution in [0.2, 0.25) is 0 Å². The third-order valence-corrected chi connectivity index (χ3v) is 2.73. The average molecular weight is 314 g/mol. The van der Waals surface area contributed by atoms with Gasteiger partial charge in [0.1, 0.15) is 11.3 Å². The summed E-state index contributed by atoms with van der Waals surface area (Å²) in [6.07, 6.45) is -2.34. The maximum atomic E-state index is 13.0. The molecule has 118 valence electrons. The van der Waals surface area contributed by atoms with Crippen LogP contribution in [0.1, 0.15) is 28.7 Å². The summed E-state index contributed by atoms with van der Waals surface area (Å²) < 4.78 is 48.9. The summed E-state index contributed by atoms with van der Waals surface area (Å²) in [7, 11) is 0. The summed E-state index contributed by atoms with van der Waals surface area (Å²) in [4.78, 5) is 15.1. The molecule has 0 unspecified atom stereocenters. The molecule has 2 rings (SSSR count). The van der Waals surface area contributed by atoms with Crippen LogP contribution in [0.15, 0.2) is 35.1 Å². The smallest absolute Gasteiger partial charge is 0.434 e. The summed E-state index contributed by atoms with van der Waals surface area (Å²) in [6.45, 7) is 1.60. The summed E-state index contributed by atoms with van der Waals surface area (Å²) in [5.41, 5.74) is -1.93. The lowest BCUT2D eigenvalue weighted by atomic mass is 10.1. The number of esters is 1. The Kier molecular flexibility index (Phi) is 4.69. The molecule has 0 spiro atoms. The van der Waals surface area contributed by atoms with Gasteiger partial charge < -0.3 is 14.5 Å². The first-order valence-electron chi connectivity index (χ1n) is 6.43. The number of nitrogens with zero attached hydrogens (tertiary/aromatic N) is 1. The van der Waals surface area contributed by atoms with Crippen molar-refractivity contribution in [2.24, 2.45) is 0 Å². The van der Waals surface area contributed by atoms with Gasteiger partial charge in [-0.1, -0.05) is 0 Å². The first kappa shape index (κ1) is 15.9. The van der Waals surface area contributed by atoms with Crippen LogP contribution in [0.5, 0.6) is 0 Å². The van der Waals surface area contributed by atoms with Gasteiger partial charge in [-0.2, -0.15) is 13.2 Å². The molecular formula is C14H13F3N2O3. The standard InChI is InChI=1S/C14H13F3N2O3/c1-2-21-13(20)11-10(19-8-9-4-3-7-22-9)5-6-18-12(11)14(15,16)17/h3-7H,2,8H2,1H3,(H,18,19). The molecule has 0 aliphatic carbocycles. The van der Waals surface area contributed by atoms with Gasteiger partial charge in [0.25, 0.3) is 0 Å². The van der Waals surface area contributed by atoms with Gasteiger partial charge in [0.2, 0.25) is 0 Å². The van der Waals surface area contributed by atoms with Crippen molar-refractivity contribution in [1.29, 1.82) is 0 Å². The van der Waals surface area contributed by atoms with Gasteiger partial charge in [0.05, 0.1) is 25.1 Å². The Bertz CT molecular complexity index is 639. The first-order valence-corrected chi connectivity index (χ1v) is 6.43. The van der Waals surface area contributed by atoms with Gasteiger partial charge in [0, 0.05) is 6.20 Å². The number of hydrogen-bond donors (Lipinski definition) is 1. The van der Waals surface area contributed by atoms with Crippen molar-refractivity contribution in [3.63, 3.8) is 0 Å². The van der Waals surface area contributed by atoms with Crippen molar-refractivity contribution in [2.75, 3.05) is 11.9 Å². The van der Waals surface area contributed by atoms with E-state index in [2.05, 4.69) is 10.3 Å². The van der Waals surface area contributed by atoms with E-state index in [1.54, 1.807) is 12.1 Å². The van der Waals surface area contributed by atoms with E-state index in [0.717, 1.165) is 6.20 Å². The fraction of sp³-hybridized carbons (Fsp3) is 0.286. The van der Waals surface area contributed by atoms with Crippen LogP contribution >= 0.6 is 0 Å². The Morgan fingerprint density at radius 3 is 2.77 bits per heavy atom. The monoisotopic (exact) mass is 314 g/mol. The van der Waals surface area contributed by atoms with Crippen LogP contribution in [0.25, 0.3) is 0 Å². The van der Waals surface area contributed by atoms with E-state index in [-0.39, 0.29) is 18.8 Å². The van der Waals surface area contributed by atoms with Crippen molar-refractivity contribution in [1.82, 2.24) is 4.98 Å². The number of rotatable bonds is 5. The van der Waals surface area contributed by atoms with Crippen LogP contribution in [0, 0.1) is 0 Å². The van der Waals surface area contributed by atoms with E-state index in [0.29, 0.717) is 5.76 Å². The number of anilines is 1. The Labute approximate surface area is 124 Å². The Morgan fingerprint density at radius 2 is 2.18 bits per heavy atom. The van der Waals surface area contributed by atoms with E-state index in [4.69, 9.17) is 9.15 Å². The molecule has 1 N–H and O–H groups in total. The van der Waals surface area contributed by atoms with E-state index in [9.17, 15) is 18.0 Å².